The highest BCUT2D eigenvalue weighted by molar-refractivity contribution is 4.80. The smallest absolute Gasteiger partial charge is 0.0610 e. The molecule has 0 aromatic carbocycles. The third-order valence-corrected chi connectivity index (χ3v) is 4.19. The number of ether oxygens (including phenoxy) is 1. The summed E-state index contributed by atoms with van der Waals surface area (Å²) < 4.78 is 5.97. The molecule has 0 aromatic rings. The van der Waals surface area contributed by atoms with Crippen LogP contribution in [0.15, 0.2) is 0 Å². The molecule has 0 amide bonds. The molecule has 0 radical (unpaired) electrons. The summed E-state index contributed by atoms with van der Waals surface area (Å²) in [6.07, 6.45) is 7.67. The van der Waals surface area contributed by atoms with Gasteiger partial charge in [0, 0.05) is 12.1 Å². The van der Waals surface area contributed by atoms with E-state index in [0.29, 0.717) is 6.10 Å². The molecule has 0 bridgehead atoms. The minimum absolute atomic E-state index is 0.151. The fourth-order valence-corrected chi connectivity index (χ4v) is 2.51. The highest BCUT2D eigenvalue weighted by Crippen LogP contribution is 2.26. The molecule has 1 fully saturated rings. The van der Waals surface area contributed by atoms with Gasteiger partial charge in [0.15, 0.2) is 0 Å². The summed E-state index contributed by atoms with van der Waals surface area (Å²) >= 11 is 0. The van der Waals surface area contributed by atoms with Gasteiger partial charge < -0.3 is 15.2 Å². The van der Waals surface area contributed by atoms with Crippen LogP contribution in [0.1, 0.15) is 52.4 Å². The Balaban J connectivity index is 2.15. The second-order valence-corrected chi connectivity index (χ2v) is 5.74. The van der Waals surface area contributed by atoms with E-state index in [0.717, 1.165) is 25.4 Å². The van der Waals surface area contributed by atoms with Crippen molar-refractivity contribution in [2.24, 2.45) is 5.92 Å². The van der Waals surface area contributed by atoms with Gasteiger partial charge in [-0.15, -0.1) is 0 Å². The molecule has 17 heavy (non-hydrogen) atoms. The summed E-state index contributed by atoms with van der Waals surface area (Å²) in [5.41, 5.74) is -0.151. The first-order valence-electron chi connectivity index (χ1n) is 7.02. The number of aliphatic hydroxyl groups excluding tert-OH is 1. The van der Waals surface area contributed by atoms with Crippen LogP contribution in [0, 0.1) is 5.92 Å². The highest BCUT2D eigenvalue weighted by atomic mass is 16.5. The Morgan fingerprint density at radius 1 is 1.35 bits per heavy atom. The number of rotatable bonds is 7. The van der Waals surface area contributed by atoms with Crippen molar-refractivity contribution < 1.29 is 9.84 Å². The lowest BCUT2D eigenvalue weighted by Gasteiger charge is -2.30. The molecule has 2 N–H and O–H groups in total. The van der Waals surface area contributed by atoms with Crippen molar-refractivity contribution in [1.29, 1.82) is 0 Å². The molecule has 1 aliphatic rings. The standard InChI is InChI=1S/C14H29NO2/c1-12-7-4-5-8-13(12)17-10-6-9-14(2,11-16)15-3/h12-13,15-16H,4-11H2,1-3H3. The monoisotopic (exact) mass is 243 g/mol. The molecule has 3 atom stereocenters. The van der Waals surface area contributed by atoms with Gasteiger partial charge in [-0.05, 0) is 45.6 Å². The number of hydrogen-bond acceptors (Lipinski definition) is 3. The molecule has 0 saturated heterocycles. The van der Waals surface area contributed by atoms with Crippen molar-refractivity contribution in [1.82, 2.24) is 5.32 Å². The minimum Gasteiger partial charge on any atom is -0.394 e. The normalized spacial score (nSPS) is 28.9. The average molecular weight is 243 g/mol. The van der Waals surface area contributed by atoms with Gasteiger partial charge in [0.05, 0.1) is 12.7 Å². The Kier molecular flexibility index (Phi) is 6.45. The number of likely N-dealkylation sites (N-methyl/N-ethyl adjacent to an activating group) is 1. The summed E-state index contributed by atoms with van der Waals surface area (Å²) in [7, 11) is 1.90. The average Bonchev–Trinajstić information content (AvgIpc) is 2.36. The summed E-state index contributed by atoms with van der Waals surface area (Å²) in [5, 5.41) is 12.4. The quantitative estimate of drug-likeness (QED) is 0.674. The first-order valence-corrected chi connectivity index (χ1v) is 7.02. The third kappa shape index (κ3) is 4.94. The van der Waals surface area contributed by atoms with Gasteiger partial charge in [0.2, 0.25) is 0 Å². The maximum absolute atomic E-state index is 9.27. The molecule has 3 nitrogen and oxygen atoms in total. The van der Waals surface area contributed by atoms with Crippen LogP contribution in [0.4, 0.5) is 0 Å². The number of aliphatic hydroxyl groups is 1. The summed E-state index contributed by atoms with van der Waals surface area (Å²) in [4.78, 5) is 0. The van der Waals surface area contributed by atoms with E-state index >= 15 is 0 Å². The molecule has 102 valence electrons. The largest absolute Gasteiger partial charge is 0.394 e. The van der Waals surface area contributed by atoms with Crippen molar-refractivity contribution in [3.8, 4) is 0 Å². The first-order chi connectivity index (χ1) is 8.11. The minimum atomic E-state index is -0.151. The molecule has 3 heteroatoms. The van der Waals surface area contributed by atoms with Crippen LogP contribution in [-0.4, -0.2) is 37.0 Å². The Hall–Kier alpha value is -0.120. The van der Waals surface area contributed by atoms with Crippen LogP contribution in [0.3, 0.4) is 0 Å². The van der Waals surface area contributed by atoms with E-state index in [2.05, 4.69) is 19.2 Å². The topological polar surface area (TPSA) is 41.5 Å². The molecule has 1 saturated carbocycles. The Labute approximate surface area is 106 Å². The van der Waals surface area contributed by atoms with Gasteiger partial charge in [0.25, 0.3) is 0 Å². The van der Waals surface area contributed by atoms with Crippen LogP contribution in [0.5, 0.6) is 0 Å². The van der Waals surface area contributed by atoms with Crippen LogP contribution in [0.25, 0.3) is 0 Å². The molecule has 1 aliphatic carbocycles. The second-order valence-electron chi connectivity index (χ2n) is 5.74. The number of nitrogens with one attached hydrogen (secondary N) is 1. The lowest BCUT2D eigenvalue weighted by molar-refractivity contribution is -0.00921. The maximum atomic E-state index is 9.27. The van der Waals surface area contributed by atoms with E-state index in [1.165, 1.54) is 25.7 Å². The predicted octanol–water partition coefficient (Wildman–Crippen LogP) is 2.33. The zero-order valence-electron chi connectivity index (χ0n) is 11.7. The van der Waals surface area contributed by atoms with Crippen LogP contribution < -0.4 is 5.32 Å². The zero-order valence-corrected chi connectivity index (χ0v) is 11.7. The lowest BCUT2D eigenvalue weighted by Crippen LogP contribution is -2.43. The van der Waals surface area contributed by atoms with Gasteiger partial charge >= 0.3 is 0 Å². The molecular weight excluding hydrogens is 214 g/mol. The van der Waals surface area contributed by atoms with Gasteiger partial charge in [-0.25, -0.2) is 0 Å². The van der Waals surface area contributed by atoms with Crippen molar-refractivity contribution in [3.63, 3.8) is 0 Å². The molecule has 0 aliphatic heterocycles. The number of hydrogen-bond donors (Lipinski definition) is 2. The lowest BCUT2D eigenvalue weighted by atomic mass is 9.88. The third-order valence-electron chi connectivity index (χ3n) is 4.19. The summed E-state index contributed by atoms with van der Waals surface area (Å²) in [5.74, 6) is 0.720. The van der Waals surface area contributed by atoms with E-state index in [9.17, 15) is 5.11 Å². The SMILES string of the molecule is CNC(C)(CO)CCCOC1CCCCC1C. The van der Waals surface area contributed by atoms with E-state index in [-0.39, 0.29) is 12.1 Å². The predicted molar refractivity (Wildman–Crippen MR) is 71.2 cm³/mol. The van der Waals surface area contributed by atoms with Gasteiger partial charge in [-0.3, -0.25) is 0 Å². The van der Waals surface area contributed by atoms with E-state index in [4.69, 9.17) is 4.74 Å². The molecular formula is C14H29NO2. The summed E-state index contributed by atoms with van der Waals surface area (Å²) in [6.45, 7) is 5.36. The molecule has 0 aromatic heterocycles. The fourth-order valence-electron chi connectivity index (χ4n) is 2.51. The first kappa shape index (κ1) is 14.9. The molecule has 3 unspecified atom stereocenters. The van der Waals surface area contributed by atoms with Gasteiger partial charge in [-0.1, -0.05) is 19.8 Å². The van der Waals surface area contributed by atoms with Crippen LogP contribution >= 0.6 is 0 Å². The molecule has 1 rings (SSSR count). The van der Waals surface area contributed by atoms with Crippen molar-refractivity contribution in [2.45, 2.75) is 64.0 Å². The van der Waals surface area contributed by atoms with Crippen molar-refractivity contribution in [3.05, 3.63) is 0 Å². The highest BCUT2D eigenvalue weighted by Gasteiger charge is 2.23. The zero-order chi connectivity index (χ0) is 12.7. The Morgan fingerprint density at radius 3 is 2.65 bits per heavy atom. The van der Waals surface area contributed by atoms with Gasteiger partial charge in [-0.2, -0.15) is 0 Å². The maximum Gasteiger partial charge on any atom is 0.0610 e. The van der Waals surface area contributed by atoms with E-state index < -0.39 is 0 Å². The van der Waals surface area contributed by atoms with E-state index in [1.807, 2.05) is 7.05 Å². The van der Waals surface area contributed by atoms with Crippen molar-refractivity contribution in [2.75, 3.05) is 20.3 Å². The summed E-state index contributed by atoms with van der Waals surface area (Å²) in [6, 6.07) is 0. The van der Waals surface area contributed by atoms with Crippen molar-refractivity contribution >= 4 is 0 Å². The van der Waals surface area contributed by atoms with Gasteiger partial charge in [0.1, 0.15) is 0 Å². The Bertz CT molecular complexity index is 204. The van der Waals surface area contributed by atoms with Crippen LogP contribution in [0.2, 0.25) is 0 Å². The van der Waals surface area contributed by atoms with Crippen LogP contribution in [-0.2, 0) is 4.74 Å². The fraction of sp³-hybridized carbons (Fsp3) is 1.00. The van der Waals surface area contributed by atoms with E-state index in [1.54, 1.807) is 0 Å². The second kappa shape index (κ2) is 7.34. The molecule has 0 heterocycles. The Morgan fingerprint density at radius 2 is 2.06 bits per heavy atom. The molecule has 0 spiro atoms.